The summed E-state index contributed by atoms with van der Waals surface area (Å²) in [6.45, 7) is 26.7. The van der Waals surface area contributed by atoms with Crippen molar-refractivity contribution in [1.82, 2.24) is 0 Å². The first-order chi connectivity index (χ1) is 26.5. The highest BCUT2D eigenvalue weighted by Gasteiger charge is 2.27. The van der Waals surface area contributed by atoms with Crippen molar-refractivity contribution in [2.45, 2.75) is 120 Å². The topological polar surface area (TPSA) is 52.0 Å². The summed E-state index contributed by atoms with van der Waals surface area (Å²) >= 11 is 0. The van der Waals surface area contributed by atoms with Gasteiger partial charge in [-0.05, 0) is 127 Å². The Morgan fingerprint density at radius 3 is 0.786 bits per heavy atom. The second-order valence-electron chi connectivity index (χ2n) is 17.5. The number of rotatable bonds is 11. The zero-order chi connectivity index (χ0) is 40.6. The fourth-order valence-corrected chi connectivity index (χ4v) is 9.64. The van der Waals surface area contributed by atoms with E-state index in [1.807, 2.05) is 0 Å². The maximum Gasteiger partial charge on any atom is 0.0391 e. The van der Waals surface area contributed by atoms with Crippen LogP contribution in [-0.4, -0.2) is 0 Å². The Balaban J connectivity index is 1.50. The quantitative estimate of drug-likeness (QED) is 0.130. The first-order valence-electron chi connectivity index (χ1n) is 20.6. The third-order valence-corrected chi connectivity index (χ3v) is 12.0. The van der Waals surface area contributed by atoms with Gasteiger partial charge in [0.05, 0.1) is 0 Å². The van der Waals surface area contributed by atoms with Gasteiger partial charge in [-0.3, -0.25) is 0 Å². The molecule has 4 atom stereocenters. The Hall–Kier alpha value is -5.08. The first-order valence-corrected chi connectivity index (χ1v) is 20.6. The van der Waals surface area contributed by atoms with Crippen LogP contribution in [0.5, 0.6) is 0 Å². The van der Waals surface area contributed by atoms with Crippen LogP contribution in [-0.2, 0) is 0 Å². The lowest BCUT2D eigenvalue weighted by molar-refractivity contribution is 0.611. The molecule has 0 amide bonds. The zero-order valence-corrected chi connectivity index (χ0v) is 36.1. The molecular formula is C54H64N2. The first kappa shape index (κ1) is 40.6. The second-order valence-corrected chi connectivity index (χ2v) is 17.5. The molecule has 290 valence electrons. The molecule has 0 saturated heterocycles. The lowest BCUT2D eigenvalue weighted by atomic mass is 9.76. The molecule has 0 fully saturated rings. The predicted molar refractivity (Wildman–Crippen MR) is 243 cm³/mol. The molecule has 6 rings (SSSR count). The minimum atomic E-state index is 0.104. The van der Waals surface area contributed by atoms with Gasteiger partial charge in [0, 0.05) is 35.0 Å². The number of benzene rings is 6. The standard InChI is InChI=1S/C54H64N2/c1-31-15-32(2)20-43(19-31)41(11)49-27-39(9)29-51(53(49)55)47(45-23-35(5)17-36(6)24-45)13-14-48(46-25-37(7)18-38(8)26-46)52-30-40(10)28-50(54(52)56)42(12)44-21-33(3)16-34(4)22-44/h15-30,41-42,47-48H,13-14,55-56H2,1-12H3/t41-,42-,47-,48-/m1/s1. The number of hydrogen-bond acceptors (Lipinski definition) is 2. The molecule has 0 saturated carbocycles. The number of nitrogen functional groups attached to an aromatic ring is 2. The summed E-state index contributed by atoms with van der Waals surface area (Å²) in [5, 5.41) is 0. The van der Waals surface area contributed by atoms with Gasteiger partial charge < -0.3 is 11.5 Å². The lowest BCUT2D eigenvalue weighted by Gasteiger charge is -2.29. The van der Waals surface area contributed by atoms with Crippen molar-refractivity contribution in [1.29, 1.82) is 0 Å². The summed E-state index contributed by atoms with van der Waals surface area (Å²) in [4.78, 5) is 0. The van der Waals surface area contributed by atoms with Crippen LogP contribution in [0.25, 0.3) is 0 Å². The van der Waals surface area contributed by atoms with Crippen LogP contribution in [0.4, 0.5) is 11.4 Å². The SMILES string of the molecule is Cc1cc(C)cc([C@@H](C)c2cc(C)cc([C@H](CC[C@H](c3cc(C)cc(C)c3)c3cc(C)cc([C@H](C)c4cc(C)cc(C)c4)c3N)c3cc(C)cc(C)c3)c2N)c1. The van der Waals surface area contributed by atoms with E-state index in [9.17, 15) is 0 Å². The van der Waals surface area contributed by atoms with Gasteiger partial charge >= 0.3 is 0 Å². The molecule has 6 aromatic carbocycles. The molecule has 0 aliphatic carbocycles. The smallest absolute Gasteiger partial charge is 0.0391 e. The molecule has 56 heavy (non-hydrogen) atoms. The third kappa shape index (κ3) is 8.97. The molecule has 0 spiro atoms. The number of hydrogen-bond donors (Lipinski definition) is 2. The van der Waals surface area contributed by atoms with Gasteiger partial charge in [-0.1, -0.05) is 167 Å². The van der Waals surface area contributed by atoms with Gasteiger partial charge in [-0.2, -0.15) is 0 Å². The molecule has 0 unspecified atom stereocenters. The van der Waals surface area contributed by atoms with E-state index >= 15 is 0 Å². The molecule has 0 bridgehead atoms. The molecule has 2 nitrogen and oxygen atoms in total. The highest BCUT2D eigenvalue weighted by Crippen LogP contribution is 2.45. The molecule has 6 aromatic rings. The minimum Gasteiger partial charge on any atom is -0.398 e. The van der Waals surface area contributed by atoms with E-state index in [-0.39, 0.29) is 23.7 Å². The number of anilines is 2. The Bertz CT molecular complexity index is 2140. The van der Waals surface area contributed by atoms with E-state index in [1.54, 1.807) is 0 Å². The van der Waals surface area contributed by atoms with E-state index in [2.05, 4.69) is 180 Å². The highest BCUT2D eigenvalue weighted by atomic mass is 14.6. The molecular weight excluding hydrogens is 677 g/mol. The summed E-state index contributed by atoms with van der Waals surface area (Å²) in [6.07, 6.45) is 1.84. The molecule has 2 heteroatoms. The van der Waals surface area contributed by atoms with Crippen molar-refractivity contribution in [3.8, 4) is 0 Å². The predicted octanol–water partition coefficient (Wildman–Crippen LogP) is 14.0. The summed E-state index contributed by atoms with van der Waals surface area (Å²) in [5.74, 6) is 0.540. The fraction of sp³-hybridized carbons (Fsp3) is 0.333. The normalized spacial score (nSPS) is 13.7. The Kier molecular flexibility index (Phi) is 12.0. The van der Waals surface area contributed by atoms with E-state index in [4.69, 9.17) is 11.5 Å². The van der Waals surface area contributed by atoms with Crippen LogP contribution in [0, 0.1) is 69.2 Å². The number of aryl methyl sites for hydroxylation is 10. The van der Waals surface area contributed by atoms with Crippen molar-refractivity contribution in [3.63, 3.8) is 0 Å². The minimum absolute atomic E-state index is 0.104. The second kappa shape index (κ2) is 16.6. The molecule has 4 N–H and O–H groups in total. The molecule has 0 aliphatic rings. The van der Waals surface area contributed by atoms with Crippen LogP contribution in [0.3, 0.4) is 0 Å². The summed E-state index contributed by atoms with van der Waals surface area (Å²) < 4.78 is 0. The molecule has 0 aromatic heterocycles. The number of nitrogens with two attached hydrogens (primary N) is 2. The van der Waals surface area contributed by atoms with E-state index < -0.39 is 0 Å². The van der Waals surface area contributed by atoms with Crippen molar-refractivity contribution in [3.05, 3.63) is 197 Å². The van der Waals surface area contributed by atoms with Crippen molar-refractivity contribution in [2.24, 2.45) is 0 Å². The Morgan fingerprint density at radius 1 is 0.304 bits per heavy atom. The molecule has 0 aliphatic heterocycles. The Morgan fingerprint density at radius 2 is 0.518 bits per heavy atom. The van der Waals surface area contributed by atoms with Crippen molar-refractivity contribution >= 4 is 11.4 Å². The largest absolute Gasteiger partial charge is 0.398 e. The van der Waals surface area contributed by atoms with Crippen LogP contribution in [0.15, 0.2) is 97.1 Å². The average Bonchev–Trinajstić information content (AvgIpc) is 3.10. The maximum atomic E-state index is 7.40. The molecule has 0 heterocycles. The fourth-order valence-electron chi connectivity index (χ4n) is 9.64. The van der Waals surface area contributed by atoms with Gasteiger partial charge in [0.15, 0.2) is 0 Å². The van der Waals surface area contributed by atoms with E-state index in [0.29, 0.717) is 0 Å². The van der Waals surface area contributed by atoms with Gasteiger partial charge in [-0.25, -0.2) is 0 Å². The van der Waals surface area contributed by atoms with Gasteiger partial charge in [0.1, 0.15) is 0 Å². The summed E-state index contributed by atoms with van der Waals surface area (Å²) in [6, 6.07) is 37.1. The van der Waals surface area contributed by atoms with Gasteiger partial charge in [0.2, 0.25) is 0 Å². The molecule has 0 radical (unpaired) electrons. The maximum absolute atomic E-state index is 7.40. The summed E-state index contributed by atoms with van der Waals surface area (Å²) in [7, 11) is 0. The van der Waals surface area contributed by atoms with Crippen molar-refractivity contribution < 1.29 is 0 Å². The summed E-state index contributed by atoms with van der Waals surface area (Å²) in [5.41, 5.74) is 39.5. The van der Waals surface area contributed by atoms with Crippen LogP contribution < -0.4 is 11.5 Å². The van der Waals surface area contributed by atoms with Crippen LogP contribution in [0.2, 0.25) is 0 Å². The van der Waals surface area contributed by atoms with Crippen molar-refractivity contribution in [2.75, 3.05) is 11.5 Å². The Labute approximate surface area is 338 Å². The van der Waals surface area contributed by atoms with E-state index in [1.165, 1.54) is 100 Å². The monoisotopic (exact) mass is 741 g/mol. The zero-order valence-electron chi connectivity index (χ0n) is 36.1. The van der Waals surface area contributed by atoms with E-state index in [0.717, 1.165) is 24.2 Å². The van der Waals surface area contributed by atoms with Crippen LogP contribution >= 0.6 is 0 Å². The average molecular weight is 741 g/mol. The lowest BCUT2D eigenvalue weighted by Crippen LogP contribution is -2.14. The highest BCUT2D eigenvalue weighted by molar-refractivity contribution is 5.64. The van der Waals surface area contributed by atoms with Gasteiger partial charge in [0.25, 0.3) is 0 Å². The van der Waals surface area contributed by atoms with Gasteiger partial charge in [-0.15, -0.1) is 0 Å². The van der Waals surface area contributed by atoms with Crippen LogP contribution in [0.1, 0.15) is 151 Å². The third-order valence-electron chi connectivity index (χ3n) is 12.0.